The highest BCUT2D eigenvalue weighted by Gasteiger charge is 2.34. The van der Waals surface area contributed by atoms with E-state index < -0.39 is 0 Å². The lowest BCUT2D eigenvalue weighted by Gasteiger charge is -2.22. The second-order valence-corrected chi connectivity index (χ2v) is 8.40. The van der Waals surface area contributed by atoms with Crippen LogP contribution in [0.1, 0.15) is 59.6 Å². The molecule has 0 bridgehead atoms. The molecule has 0 spiro atoms. The lowest BCUT2D eigenvalue weighted by atomic mass is 10.0. The minimum atomic E-state index is 0.157. The Bertz CT molecular complexity index is 887. The van der Waals surface area contributed by atoms with E-state index in [2.05, 4.69) is 56.2 Å². The predicted octanol–water partition coefficient (Wildman–Crippen LogP) is 4.39. The lowest BCUT2D eigenvalue weighted by molar-refractivity contribution is 0.0745. The summed E-state index contributed by atoms with van der Waals surface area (Å²) in [7, 11) is 0. The van der Waals surface area contributed by atoms with Crippen molar-refractivity contribution in [2.45, 2.75) is 60.4 Å². The van der Waals surface area contributed by atoms with Crippen molar-refractivity contribution in [1.82, 2.24) is 14.5 Å². The molecule has 1 amide bonds. The summed E-state index contributed by atoms with van der Waals surface area (Å²) in [6.45, 7) is 14.0. The van der Waals surface area contributed by atoms with Gasteiger partial charge in [-0.15, -0.1) is 0 Å². The van der Waals surface area contributed by atoms with Crippen LogP contribution in [0.15, 0.2) is 12.1 Å². The molecule has 1 aliphatic heterocycles. The van der Waals surface area contributed by atoms with Crippen molar-refractivity contribution in [2.75, 3.05) is 24.5 Å². The number of amides is 1. The van der Waals surface area contributed by atoms with Gasteiger partial charge in [0.1, 0.15) is 5.69 Å². The van der Waals surface area contributed by atoms with Gasteiger partial charge in [-0.25, -0.2) is 4.98 Å². The molecule has 1 fully saturated rings. The van der Waals surface area contributed by atoms with E-state index in [0.717, 1.165) is 49.9 Å². The van der Waals surface area contributed by atoms with E-state index in [-0.39, 0.29) is 5.91 Å². The standard InChI is InChI=1S/C23H32N4O/c1-6-19-21(22(28)25(7-2)14-18-8-9-18)27-11-10-26(23(27)24-19)20-16(4)12-15(3)13-17(20)5/h12-13,18H,6-11,14H2,1-5H3. The normalized spacial score (nSPS) is 15.8. The third-order valence-corrected chi connectivity index (χ3v) is 6.10. The Morgan fingerprint density at radius 2 is 1.82 bits per heavy atom. The maximum Gasteiger partial charge on any atom is 0.272 e. The maximum absolute atomic E-state index is 13.4. The van der Waals surface area contributed by atoms with Gasteiger partial charge in [0.05, 0.1) is 5.69 Å². The van der Waals surface area contributed by atoms with Crippen molar-refractivity contribution in [3.8, 4) is 0 Å². The Hall–Kier alpha value is -2.30. The first kappa shape index (κ1) is 19.0. The fourth-order valence-corrected chi connectivity index (χ4v) is 4.62. The molecule has 2 aromatic rings. The van der Waals surface area contributed by atoms with Crippen LogP contribution in [0.2, 0.25) is 0 Å². The van der Waals surface area contributed by atoms with Gasteiger partial charge in [0.25, 0.3) is 5.91 Å². The number of nitrogens with zero attached hydrogens (tertiary/aromatic N) is 4. The van der Waals surface area contributed by atoms with Crippen LogP contribution < -0.4 is 4.90 Å². The molecule has 5 heteroatoms. The molecule has 5 nitrogen and oxygen atoms in total. The molecule has 1 aromatic heterocycles. The molecule has 1 saturated carbocycles. The Labute approximate surface area is 168 Å². The van der Waals surface area contributed by atoms with Gasteiger partial charge in [-0.1, -0.05) is 24.6 Å². The molecule has 2 heterocycles. The average Bonchev–Trinajstić information content (AvgIpc) is 3.27. The summed E-state index contributed by atoms with van der Waals surface area (Å²) in [6.07, 6.45) is 3.30. The number of aryl methyl sites for hydroxylation is 4. The van der Waals surface area contributed by atoms with Crippen molar-refractivity contribution in [3.05, 3.63) is 40.2 Å². The monoisotopic (exact) mass is 380 g/mol. The molecule has 1 aliphatic carbocycles. The number of benzene rings is 1. The summed E-state index contributed by atoms with van der Waals surface area (Å²) < 4.78 is 2.16. The fraction of sp³-hybridized carbons (Fsp3) is 0.565. The van der Waals surface area contributed by atoms with Crippen molar-refractivity contribution in [1.29, 1.82) is 0 Å². The molecule has 150 valence electrons. The molecule has 0 saturated heterocycles. The minimum Gasteiger partial charge on any atom is -0.337 e. The van der Waals surface area contributed by atoms with Crippen LogP contribution >= 0.6 is 0 Å². The molecular formula is C23H32N4O. The average molecular weight is 381 g/mol. The van der Waals surface area contributed by atoms with Crippen LogP contribution in [-0.4, -0.2) is 40.0 Å². The van der Waals surface area contributed by atoms with E-state index in [4.69, 9.17) is 4.98 Å². The van der Waals surface area contributed by atoms with Crippen LogP contribution in [0.25, 0.3) is 0 Å². The zero-order valence-electron chi connectivity index (χ0n) is 17.9. The predicted molar refractivity (Wildman–Crippen MR) is 114 cm³/mol. The number of carbonyl (C=O) groups excluding carboxylic acids is 1. The van der Waals surface area contributed by atoms with Crippen molar-refractivity contribution >= 4 is 17.5 Å². The summed E-state index contributed by atoms with van der Waals surface area (Å²) in [4.78, 5) is 22.7. The summed E-state index contributed by atoms with van der Waals surface area (Å²) >= 11 is 0. The summed E-state index contributed by atoms with van der Waals surface area (Å²) in [5.74, 6) is 1.78. The van der Waals surface area contributed by atoms with Gasteiger partial charge >= 0.3 is 0 Å². The number of hydrogen-bond acceptors (Lipinski definition) is 3. The SMILES string of the molecule is CCc1nc2n(c1C(=O)N(CC)CC1CC1)CCN2c1c(C)cc(C)cc1C. The number of imidazole rings is 1. The van der Waals surface area contributed by atoms with Crippen LogP contribution in [0.4, 0.5) is 11.6 Å². The first-order chi connectivity index (χ1) is 13.4. The highest BCUT2D eigenvalue weighted by atomic mass is 16.2. The quantitative estimate of drug-likeness (QED) is 0.746. The smallest absolute Gasteiger partial charge is 0.272 e. The van der Waals surface area contributed by atoms with E-state index in [1.165, 1.54) is 35.2 Å². The molecule has 4 rings (SSSR count). The highest BCUT2D eigenvalue weighted by Crippen LogP contribution is 2.37. The van der Waals surface area contributed by atoms with Crippen LogP contribution in [0.5, 0.6) is 0 Å². The second kappa shape index (κ2) is 7.26. The minimum absolute atomic E-state index is 0.157. The maximum atomic E-state index is 13.4. The van der Waals surface area contributed by atoms with Crippen molar-refractivity contribution < 1.29 is 4.79 Å². The molecule has 0 radical (unpaired) electrons. The van der Waals surface area contributed by atoms with Gasteiger partial charge in [0, 0.05) is 31.9 Å². The fourth-order valence-electron chi connectivity index (χ4n) is 4.62. The van der Waals surface area contributed by atoms with E-state index in [1.54, 1.807) is 0 Å². The molecule has 1 aromatic carbocycles. The first-order valence-electron chi connectivity index (χ1n) is 10.7. The van der Waals surface area contributed by atoms with E-state index in [1.807, 2.05) is 4.90 Å². The number of carbonyl (C=O) groups is 1. The molecule has 0 N–H and O–H groups in total. The van der Waals surface area contributed by atoms with Gasteiger partial charge in [0.15, 0.2) is 0 Å². The van der Waals surface area contributed by atoms with Gasteiger partial charge in [-0.05, 0) is 64.0 Å². The van der Waals surface area contributed by atoms with Crippen molar-refractivity contribution in [3.63, 3.8) is 0 Å². The van der Waals surface area contributed by atoms with Gasteiger partial charge in [-0.2, -0.15) is 0 Å². The molecule has 0 atom stereocenters. The summed E-state index contributed by atoms with van der Waals surface area (Å²) in [5, 5.41) is 0. The number of rotatable bonds is 6. The van der Waals surface area contributed by atoms with Crippen molar-refractivity contribution in [2.24, 2.45) is 5.92 Å². The molecule has 28 heavy (non-hydrogen) atoms. The van der Waals surface area contributed by atoms with Gasteiger partial charge in [-0.3, -0.25) is 4.79 Å². The highest BCUT2D eigenvalue weighted by molar-refractivity contribution is 5.95. The number of hydrogen-bond donors (Lipinski definition) is 0. The van der Waals surface area contributed by atoms with Crippen LogP contribution in [-0.2, 0) is 13.0 Å². The summed E-state index contributed by atoms with van der Waals surface area (Å²) in [5.41, 5.74) is 6.80. The number of aromatic nitrogens is 2. The molecule has 0 unspecified atom stereocenters. The lowest BCUT2D eigenvalue weighted by Crippen LogP contribution is -2.34. The van der Waals surface area contributed by atoms with Gasteiger partial charge < -0.3 is 14.4 Å². The third-order valence-electron chi connectivity index (χ3n) is 6.10. The third kappa shape index (κ3) is 3.21. The zero-order chi connectivity index (χ0) is 20.0. The Morgan fingerprint density at radius 3 is 2.39 bits per heavy atom. The Kier molecular flexibility index (Phi) is 4.94. The Balaban J connectivity index is 1.73. The second-order valence-electron chi connectivity index (χ2n) is 8.40. The van der Waals surface area contributed by atoms with E-state index >= 15 is 0 Å². The molecular weight excluding hydrogens is 348 g/mol. The number of anilines is 2. The number of fused-ring (bicyclic) bond motifs is 1. The van der Waals surface area contributed by atoms with Crippen LogP contribution in [0, 0.1) is 26.7 Å². The topological polar surface area (TPSA) is 41.4 Å². The van der Waals surface area contributed by atoms with Gasteiger partial charge in [0.2, 0.25) is 5.95 Å². The van der Waals surface area contributed by atoms with Crippen LogP contribution in [0.3, 0.4) is 0 Å². The zero-order valence-corrected chi connectivity index (χ0v) is 17.9. The Morgan fingerprint density at radius 1 is 1.14 bits per heavy atom. The first-order valence-corrected chi connectivity index (χ1v) is 10.7. The summed E-state index contributed by atoms with van der Waals surface area (Å²) in [6, 6.07) is 4.46. The van der Waals surface area contributed by atoms with E-state index in [0.29, 0.717) is 5.92 Å². The largest absolute Gasteiger partial charge is 0.337 e. The molecule has 2 aliphatic rings. The van der Waals surface area contributed by atoms with E-state index in [9.17, 15) is 4.79 Å².